The second-order valence-electron chi connectivity index (χ2n) is 7.17. The maximum atomic E-state index is 12.8. The summed E-state index contributed by atoms with van der Waals surface area (Å²) in [5, 5.41) is 0. The number of amides is 1. The Balaban J connectivity index is 1.65. The van der Waals surface area contributed by atoms with E-state index < -0.39 is 0 Å². The van der Waals surface area contributed by atoms with Crippen LogP contribution in [-0.2, 0) is 6.54 Å². The van der Waals surface area contributed by atoms with Crippen LogP contribution in [0.15, 0.2) is 42.5 Å². The fourth-order valence-corrected chi connectivity index (χ4v) is 3.61. The summed E-state index contributed by atoms with van der Waals surface area (Å²) in [6.07, 6.45) is 3.87. The van der Waals surface area contributed by atoms with Crippen molar-refractivity contribution in [2.75, 3.05) is 38.8 Å². The first kappa shape index (κ1) is 20.1. The summed E-state index contributed by atoms with van der Waals surface area (Å²) in [5.41, 5.74) is 2.98. The molecule has 1 heterocycles. The van der Waals surface area contributed by atoms with E-state index in [1.54, 1.807) is 30.2 Å². The van der Waals surface area contributed by atoms with Gasteiger partial charge >= 0.3 is 0 Å². The van der Waals surface area contributed by atoms with Crippen molar-refractivity contribution in [3.63, 3.8) is 0 Å². The van der Waals surface area contributed by atoms with Gasteiger partial charge in [0.05, 0.1) is 13.7 Å². The third-order valence-corrected chi connectivity index (χ3v) is 5.13. The average molecular weight is 383 g/mol. The van der Waals surface area contributed by atoms with Crippen molar-refractivity contribution in [2.45, 2.75) is 32.7 Å². The zero-order valence-electron chi connectivity index (χ0n) is 17.1. The number of benzene rings is 2. The van der Waals surface area contributed by atoms with Gasteiger partial charge < -0.3 is 19.3 Å². The van der Waals surface area contributed by atoms with Gasteiger partial charge in [0.15, 0.2) is 11.5 Å². The van der Waals surface area contributed by atoms with Gasteiger partial charge in [-0.25, -0.2) is 0 Å². The minimum Gasteiger partial charge on any atom is -0.493 e. The Morgan fingerprint density at radius 1 is 1.04 bits per heavy atom. The second-order valence-corrected chi connectivity index (χ2v) is 7.17. The van der Waals surface area contributed by atoms with Crippen molar-refractivity contribution in [3.05, 3.63) is 53.6 Å². The normalized spacial score (nSPS) is 13.9. The number of hydrogen-bond acceptors (Lipinski definition) is 4. The predicted molar refractivity (Wildman–Crippen MR) is 112 cm³/mol. The summed E-state index contributed by atoms with van der Waals surface area (Å²) in [4.78, 5) is 17.0. The molecule has 5 nitrogen and oxygen atoms in total. The highest BCUT2D eigenvalue weighted by atomic mass is 16.5. The molecule has 5 heteroatoms. The number of hydrogen-bond donors (Lipinski definition) is 0. The summed E-state index contributed by atoms with van der Waals surface area (Å²) in [6.45, 7) is 5.31. The molecule has 0 saturated carbocycles. The number of nitrogens with zero attached hydrogens (tertiary/aromatic N) is 2. The van der Waals surface area contributed by atoms with E-state index in [-0.39, 0.29) is 5.91 Å². The Morgan fingerprint density at radius 3 is 2.39 bits per heavy atom. The monoisotopic (exact) mass is 382 g/mol. The fraction of sp³-hybridized carbons (Fsp3) is 0.435. The van der Waals surface area contributed by atoms with Gasteiger partial charge in [-0.1, -0.05) is 12.1 Å². The largest absolute Gasteiger partial charge is 0.493 e. The van der Waals surface area contributed by atoms with E-state index in [4.69, 9.17) is 9.47 Å². The van der Waals surface area contributed by atoms with Crippen LogP contribution in [0, 0.1) is 0 Å². The van der Waals surface area contributed by atoms with E-state index in [1.807, 2.05) is 14.0 Å². The first-order valence-corrected chi connectivity index (χ1v) is 10.0. The molecular formula is C23H30N2O3. The molecule has 0 aliphatic carbocycles. The molecular weight excluding hydrogens is 352 g/mol. The van der Waals surface area contributed by atoms with E-state index in [1.165, 1.54) is 24.9 Å². The van der Waals surface area contributed by atoms with Crippen LogP contribution in [0.2, 0.25) is 0 Å². The summed E-state index contributed by atoms with van der Waals surface area (Å²) in [5.74, 6) is 1.19. The van der Waals surface area contributed by atoms with Crippen molar-refractivity contribution >= 4 is 11.6 Å². The number of methoxy groups -OCH3 is 1. The van der Waals surface area contributed by atoms with Crippen LogP contribution in [0.1, 0.15) is 42.1 Å². The summed E-state index contributed by atoms with van der Waals surface area (Å²) >= 11 is 0. The molecule has 0 aromatic heterocycles. The van der Waals surface area contributed by atoms with Crippen LogP contribution in [0.3, 0.4) is 0 Å². The molecule has 1 aliphatic rings. The topological polar surface area (TPSA) is 42.0 Å². The Labute approximate surface area is 167 Å². The molecule has 0 unspecified atom stereocenters. The first-order valence-electron chi connectivity index (χ1n) is 10.0. The lowest BCUT2D eigenvalue weighted by molar-refractivity contribution is 0.0784. The Hall–Kier alpha value is -2.69. The van der Waals surface area contributed by atoms with Gasteiger partial charge in [0, 0.05) is 37.9 Å². The molecule has 2 aromatic carbocycles. The van der Waals surface area contributed by atoms with Crippen molar-refractivity contribution in [3.8, 4) is 11.5 Å². The minimum absolute atomic E-state index is 0.0403. The number of rotatable bonds is 7. The van der Waals surface area contributed by atoms with Crippen LogP contribution in [0.5, 0.6) is 11.5 Å². The van der Waals surface area contributed by atoms with Crippen LogP contribution in [0.4, 0.5) is 5.69 Å². The Morgan fingerprint density at radius 2 is 1.75 bits per heavy atom. The third kappa shape index (κ3) is 4.77. The highest BCUT2D eigenvalue weighted by molar-refractivity contribution is 5.94. The van der Waals surface area contributed by atoms with Crippen molar-refractivity contribution in [2.24, 2.45) is 0 Å². The standard InChI is InChI=1S/C23H30N2O3/c1-4-28-21-13-10-19(16-22(21)27-3)23(26)24(2)17-18-8-11-20(12-9-18)25-14-6-5-7-15-25/h8-13,16H,4-7,14-15,17H2,1-3H3. The first-order chi connectivity index (χ1) is 13.6. The fourth-order valence-electron chi connectivity index (χ4n) is 3.61. The lowest BCUT2D eigenvalue weighted by Crippen LogP contribution is -2.29. The number of piperidine rings is 1. The van der Waals surface area contributed by atoms with Crippen molar-refractivity contribution in [1.82, 2.24) is 4.90 Å². The van der Waals surface area contributed by atoms with Gasteiger partial charge in [0.2, 0.25) is 0 Å². The van der Waals surface area contributed by atoms with E-state index in [9.17, 15) is 4.79 Å². The molecule has 2 aromatic rings. The van der Waals surface area contributed by atoms with Crippen LogP contribution >= 0.6 is 0 Å². The molecule has 0 spiro atoms. The second kappa shape index (κ2) is 9.49. The number of ether oxygens (including phenoxy) is 2. The molecule has 28 heavy (non-hydrogen) atoms. The number of carbonyl (C=O) groups excluding carboxylic acids is 1. The number of carbonyl (C=O) groups is 1. The van der Waals surface area contributed by atoms with Crippen molar-refractivity contribution in [1.29, 1.82) is 0 Å². The minimum atomic E-state index is -0.0403. The average Bonchev–Trinajstić information content (AvgIpc) is 2.75. The Kier molecular flexibility index (Phi) is 6.80. The van der Waals surface area contributed by atoms with E-state index in [2.05, 4.69) is 29.2 Å². The van der Waals surface area contributed by atoms with Crippen molar-refractivity contribution < 1.29 is 14.3 Å². The lowest BCUT2D eigenvalue weighted by atomic mass is 10.1. The van der Waals surface area contributed by atoms with E-state index in [0.29, 0.717) is 30.2 Å². The van der Waals surface area contributed by atoms with Gasteiger partial charge in [-0.3, -0.25) is 4.79 Å². The van der Waals surface area contributed by atoms with Gasteiger partial charge in [-0.2, -0.15) is 0 Å². The van der Waals surface area contributed by atoms with Gasteiger partial charge in [0.1, 0.15) is 0 Å². The quantitative estimate of drug-likeness (QED) is 0.714. The molecule has 0 radical (unpaired) electrons. The van der Waals surface area contributed by atoms with Gasteiger partial charge in [-0.15, -0.1) is 0 Å². The molecule has 0 atom stereocenters. The summed E-state index contributed by atoms with van der Waals surface area (Å²) in [7, 11) is 3.41. The van der Waals surface area contributed by atoms with Crippen LogP contribution in [0.25, 0.3) is 0 Å². The van der Waals surface area contributed by atoms with Gasteiger partial charge in [0.25, 0.3) is 5.91 Å². The molecule has 3 rings (SSSR count). The zero-order valence-corrected chi connectivity index (χ0v) is 17.1. The molecule has 150 valence electrons. The van der Waals surface area contributed by atoms with E-state index >= 15 is 0 Å². The highest BCUT2D eigenvalue weighted by Crippen LogP contribution is 2.28. The third-order valence-electron chi connectivity index (χ3n) is 5.13. The highest BCUT2D eigenvalue weighted by Gasteiger charge is 2.16. The smallest absolute Gasteiger partial charge is 0.254 e. The molecule has 1 fully saturated rings. The Bertz CT molecular complexity index is 783. The molecule has 0 N–H and O–H groups in total. The number of anilines is 1. The summed E-state index contributed by atoms with van der Waals surface area (Å²) < 4.78 is 10.9. The molecule has 1 aliphatic heterocycles. The molecule has 1 amide bonds. The maximum absolute atomic E-state index is 12.8. The predicted octanol–water partition coefficient (Wildman–Crippen LogP) is 4.36. The summed E-state index contributed by atoms with van der Waals surface area (Å²) in [6, 6.07) is 13.9. The molecule has 1 saturated heterocycles. The van der Waals surface area contributed by atoms with Gasteiger partial charge in [-0.05, 0) is 62.1 Å². The zero-order chi connectivity index (χ0) is 19.9. The van der Waals surface area contributed by atoms with Crippen LogP contribution < -0.4 is 14.4 Å². The van der Waals surface area contributed by atoms with Crippen LogP contribution in [-0.4, -0.2) is 44.7 Å². The lowest BCUT2D eigenvalue weighted by Gasteiger charge is -2.29. The molecule has 0 bridgehead atoms. The maximum Gasteiger partial charge on any atom is 0.254 e. The van der Waals surface area contributed by atoms with E-state index in [0.717, 1.165) is 18.7 Å². The SMILES string of the molecule is CCOc1ccc(C(=O)N(C)Cc2ccc(N3CCCCC3)cc2)cc1OC.